The average Bonchev–Trinajstić information content (AvgIpc) is 2.84. The molecule has 0 unspecified atom stereocenters. The second-order valence-corrected chi connectivity index (χ2v) is 4.96. The molecule has 1 heterocycles. The van der Waals surface area contributed by atoms with Crippen molar-refractivity contribution in [3.05, 3.63) is 39.7 Å². The van der Waals surface area contributed by atoms with E-state index in [4.69, 9.17) is 31.8 Å². The second-order valence-electron chi connectivity index (χ2n) is 4.55. The van der Waals surface area contributed by atoms with Crippen molar-refractivity contribution in [3.63, 3.8) is 0 Å². The Bertz CT molecular complexity index is 887. The molecule has 1 aromatic carbocycles. The van der Waals surface area contributed by atoms with Crippen LogP contribution in [0.1, 0.15) is 18.2 Å². The number of aryl methyl sites for hydroxylation is 2. The van der Waals surface area contributed by atoms with Gasteiger partial charge < -0.3 is 9.73 Å². The number of benzene rings is 1. The minimum Gasteiger partial charge on any atom is -0.459 e. The number of nitriles is 3. The molecular formula is C16H11ClN4O. The van der Waals surface area contributed by atoms with E-state index in [1.54, 1.807) is 24.3 Å². The number of furan rings is 1. The van der Waals surface area contributed by atoms with Crippen LogP contribution in [0.4, 0.5) is 5.69 Å². The fourth-order valence-electron chi connectivity index (χ4n) is 2.16. The highest BCUT2D eigenvalue weighted by Gasteiger charge is 2.14. The Morgan fingerprint density at radius 2 is 1.91 bits per heavy atom. The summed E-state index contributed by atoms with van der Waals surface area (Å²) in [7, 11) is 0. The maximum atomic E-state index is 9.08. The van der Waals surface area contributed by atoms with Gasteiger partial charge in [0.25, 0.3) is 0 Å². The standard InChI is InChI=1S/C16H11ClN4O/c1-3-15-9(2)12-4-11(5-13(17)16(12)22-15)21-14(8-20)10(6-18)7-19/h4-5,21H,3H2,1-2H3. The molecule has 1 N–H and O–H groups in total. The molecule has 0 atom stereocenters. The topological polar surface area (TPSA) is 96.5 Å². The van der Waals surface area contributed by atoms with Crippen LogP contribution >= 0.6 is 11.6 Å². The van der Waals surface area contributed by atoms with E-state index in [-0.39, 0.29) is 11.3 Å². The summed E-state index contributed by atoms with van der Waals surface area (Å²) in [5.74, 6) is 0.847. The van der Waals surface area contributed by atoms with Gasteiger partial charge in [-0.15, -0.1) is 0 Å². The summed E-state index contributed by atoms with van der Waals surface area (Å²) in [6.45, 7) is 3.92. The first kappa shape index (κ1) is 15.4. The molecule has 2 aromatic rings. The van der Waals surface area contributed by atoms with E-state index in [9.17, 15) is 0 Å². The first-order chi connectivity index (χ1) is 10.5. The van der Waals surface area contributed by atoms with E-state index < -0.39 is 0 Å². The van der Waals surface area contributed by atoms with Crippen LogP contribution in [-0.4, -0.2) is 0 Å². The van der Waals surface area contributed by atoms with Crippen LogP contribution in [0.5, 0.6) is 0 Å². The fourth-order valence-corrected chi connectivity index (χ4v) is 2.42. The van der Waals surface area contributed by atoms with Gasteiger partial charge in [-0.05, 0) is 24.6 Å². The minimum atomic E-state index is -0.281. The van der Waals surface area contributed by atoms with E-state index in [0.29, 0.717) is 16.3 Å². The Balaban J connectivity index is 2.58. The van der Waals surface area contributed by atoms with Gasteiger partial charge in [-0.3, -0.25) is 0 Å². The van der Waals surface area contributed by atoms with Gasteiger partial charge in [0, 0.05) is 17.5 Å². The maximum Gasteiger partial charge on any atom is 0.163 e. The molecule has 0 aliphatic carbocycles. The largest absolute Gasteiger partial charge is 0.459 e. The molecule has 1 aromatic heterocycles. The minimum absolute atomic E-state index is 0.114. The molecule has 6 heteroatoms. The normalized spacial score (nSPS) is 9.64. The molecule has 108 valence electrons. The summed E-state index contributed by atoms with van der Waals surface area (Å²) in [6, 6.07) is 8.54. The highest BCUT2D eigenvalue weighted by molar-refractivity contribution is 6.35. The molecule has 0 saturated carbocycles. The van der Waals surface area contributed by atoms with Gasteiger partial charge in [0.05, 0.1) is 5.02 Å². The molecular weight excluding hydrogens is 300 g/mol. The van der Waals surface area contributed by atoms with E-state index in [0.717, 1.165) is 23.1 Å². The lowest BCUT2D eigenvalue weighted by Crippen LogP contribution is -2.00. The smallest absolute Gasteiger partial charge is 0.163 e. The molecule has 22 heavy (non-hydrogen) atoms. The number of halogens is 1. The third-order valence-electron chi connectivity index (χ3n) is 3.27. The lowest BCUT2D eigenvalue weighted by atomic mass is 10.1. The maximum absolute atomic E-state index is 9.08. The monoisotopic (exact) mass is 310 g/mol. The van der Waals surface area contributed by atoms with Gasteiger partial charge in [-0.2, -0.15) is 15.8 Å². The Morgan fingerprint density at radius 1 is 1.23 bits per heavy atom. The number of hydrogen-bond acceptors (Lipinski definition) is 5. The van der Waals surface area contributed by atoms with Crippen LogP contribution in [-0.2, 0) is 6.42 Å². The molecule has 0 spiro atoms. The van der Waals surface area contributed by atoms with Crippen molar-refractivity contribution in [2.45, 2.75) is 20.3 Å². The quantitative estimate of drug-likeness (QED) is 0.857. The van der Waals surface area contributed by atoms with Crippen molar-refractivity contribution in [2.75, 3.05) is 5.32 Å². The van der Waals surface area contributed by atoms with Crippen molar-refractivity contribution in [3.8, 4) is 18.2 Å². The number of anilines is 1. The molecule has 0 saturated heterocycles. The van der Waals surface area contributed by atoms with Crippen LogP contribution in [0.2, 0.25) is 5.02 Å². The van der Waals surface area contributed by atoms with E-state index >= 15 is 0 Å². The van der Waals surface area contributed by atoms with Crippen molar-refractivity contribution in [1.82, 2.24) is 0 Å². The number of nitrogens with one attached hydrogen (secondary N) is 1. The lowest BCUT2D eigenvalue weighted by Gasteiger charge is -2.06. The highest BCUT2D eigenvalue weighted by Crippen LogP contribution is 2.34. The van der Waals surface area contributed by atoms with Crippen molar-refractivity contribution >= 4 is 28.3 Å². The number of fused-ring (bicyclic) bond motifs is 1. The SMILES string of the molecule is CCc1oc2c(Cl)cc(NC(C#N)=C(C#N)C#N)cc2c1C. The lowest BCUT2D eigenvalue weighted by molar-refractivity contribution is 0.553. The summed E-state index contributed by atoms with van der Waals surface area (Å²) in [6.07, 6.45) is 0.746. The predicted molar refractivity (Wildman–Crippen MR) is 82.8 cm³/mol. The van der Waals surface area contributed by atoms with Crippen LogP contribution in [0.25, 0.3) is 11.0 Å². The van der Waals surface area contributed by atoms with Crippen LogP contribution in [0.3, 0.4) is 0 Å². The molecule has 5 nitrogen and oxygen atoms in total. The van der Waals surface area contributed by atoms with Crippen LogP contribution in [0.15, 0.2) is 27.8 Å². The summed E-state index contributed by atoms with van der Waals surface area (Å²) in [5, 5.41) is 30.8. The summed E-state index contributed by atoms with van der Waals surface area (Å²) in [5.41, 5.74) is 1.69. The van der Waals surface area contributed by atoms with Gasteiger partial charge in [-0.25, -0.2) is 0 Å². The van der Waals surface area contributed by atoms with Crippen molar-refractivity contribution in [2.24, 2.45) is 0 Å². The molecule has 0 radical (unpaired) electrons. The molecule has 2 rings (SSSR count). The predicted octanol–water partition coefficient (Wildman–Crippen LogP) is 4.19. The Kier molecular flexibility index (Phi) is 4.37. The van der Waals surface area contributed by atoms with E-state index in [1.165, 1.54) is 0 Å². The summed E-state index contributed by atoms with van der Waals surface area (Å²) in [4.78, 5) is 0. The Morgan fingerprint density at radius 3 is 2.45 bits per heavy atom. The van der Waals surface area contributed by atoms with Gasteiger partial charge >= 0.3 is 0 Å². The van der Waals surface area contributed by atoms with Gasteiger partial charge in [0.2, 0.25) is 0 Å². The number of hydrogen-bond donors (Lipinski definition) is 1. The first-order valence-electron chi connectivity index (χ1n) is 6.48. The van der Waals surface area contributed by atoms with E-state index in [2.05, 4.69) is 5.32 Å². The zero-order valence-corrected chi connectivity index (χ0v) is 12.7. The van der Waals surface area contributed by atoms with Crippen LogP contribution in [0, 0.1) is 40.9 Å². The molecule has 0 fully saturated rings. The first-order valence-corrected chi connectivity index (χ1v) is 6.86. The van der Waals surface area contributed by atoms with Crippen LogP contribution < -0.4 is 5.32 Å². The molecule has 0 amide bonds. The number of allylic oxidation sites excluding steroid dienone is 2. The average molecular weight is 311 g/mol. The molecule has 0 aliphatic heterocycles. The third-order valence-corrected chi connectivity index (χ3v) is 3.55. The Hall–Kier alpha value is -2.94. The van der Waals surface area contributed by atoms with Crippen molar-refractivity contribution < 1.29 is 4.42 Å². The molecule has 0 bridgehead atoms. The Labute approximate surface area is 132 Å². The highest BCUT2D eigenvalue weighted by atomic mass is 35.5. The van der Waals surface area contributed by atoms with E-state index in [1.807, 2.05) is 19.9 Å². The number of rotatable bonds is 3. The van der Waals surface area contributed by atoms with Gasteiger partial charge in [0.1, 0.15) is 29.7 Å². The number of nitrogens with zero attached hydrogens (tertiary/aromatic N) is 3. The van der Waals surface area contributed by atoms with Gasteiger partial charge in [-0.1, -0.05) is 18.5 Å². The zero-order chi connectivity index (χ0) is 16.3. The second kappa shape index (κ2) is 6.22. The summed E-state index contributed by atoms with van der Waals surface area (Å²) >= 11 is 6.22. The van der Waals surface area contributed by atoms with Gasteiger partial charge in [0.15, 0.2) is 11.2 Å². The fraction of sp³-hybridized carbons (Fsp3) is 0.188. The van der Waals surface area contributed by atoms with Crippen molar-refractivity contribution in [1.29, 1.82) is 15.8 Å². The zero-order valence-electron chi connectivity index (χ0n) is 12.0. The molecule has 0 aliphatic rings. The third kappa shape index (κ3) is 2.61. The summed E-state index contributed by atoms with van der Waals surface area (Å²) < 4.78 is 5.71.